The van der Waals surface area contributed by atoms with Crippen molar-refractivity contribution < 1.29 is 9.18 Å². The van der Waals surface area contributed by atoms with E-state index in [1.165, 1.54) is 62.8 Å². The first-order valence-electron chi connectivity index (χ1n) is 9.48. The minimum Gasteiger partial charge on any atom is -0.329 e. The molecule has 2 aromatic rings. The highest BCUT2D eigenvalue weighted by Gasteiger charge is 2.09. The quantitative estimate of drug-likeness (QED) is 0.493. The van der Waals surface area contributed by atoms with E-state index >= 15 is 0 Å². The molecule has 0 atom stereocenters. The number of nitrogens with one attached hydrogen (secondary N) is 1. The second-order valence-corrected chi connectivity index (χ2v) is 6.45. The summed E-state index contributed by atoms with van der Waals surface area (Å²) >= 11 is 0. The van der Waals surface area contributed by atoms with Gasteiger partial charge >= 0.3 is 0 Å². The normalized spacial score (nSPS) is 13.3. The van der Waals surface area contributed by atoms with Gasteiger partial charge in [0.25, 0.3) is 0 Å². The van der Waals surface area contributed by atoms with Gasteiger partial charge in [-0.15, -0.1) is 0 Å². The number of benzene rings is 2. The molecule has 0 spiro atoms. The summed E-state index contributed by atoms with van der Waals surface area (Å²) in [4.78, 5) is 19.6. The minimum atomic E-state index is -0.309. The number of hydrogen-bond acceptors (Lipinski definition) is 3. The standard InChI is InChI=1S/C8H16.C7H6FNO.C7H7NO/c1-2-8-6-4-3-5-7-8;8-6-1-3-7(4-2-6)9-5-10;9-8-6-7-4-2-1-3-5-7/h8H,2-7H2,1H3;1-5H,(H,9,10);1-5H,6H2. The van der Waals surface area contributed by atoms with E-state index in [4.69, 9.17) is 0 Å². The molecule has 27 heavy (non-hydrogen) atoms. The lowest BCUT2D eigenvalue weighted by atomic mass is 9.88. The van der Waals surface area contributed by atoms with Gasteiger partial charge in [-0.05, 0) is 35.7 Å². The fraction of sp³-hybridized carbons (Fsp3) is 0.409. The Morgan fingerprint density at radius 1 is 1.04 bits per heavy atom. The maximum atomic E-state index is 12.2. The molecule has 0 unspecified atom stereocenters. The molecule has 1 saturated carbocycles. The Balaban J connectivity index is 0.000000204. The summed E-state index contributed by atoms with van der Waals surface area (Å²) in [5.41, 5.74) is 1.56. The van der Waals surface area contributed by atoms with Gasteiger partial charge in [0.2, 0.25) is 6.41 Å². The molecule has 1 fully saturated rings. The Labute approximate surface area is 161 Å². The molecule has 0 saturated heterocycles. The Morgan fingerprint density at radius 2 is 1.67 bits per heavy atom. The molecule has 2 aromatic carbocycles. The number of anilines is 1. The summed E-state index contributed by atoms with van der Waals surface area (Å²) in [7, 11) is 0. The third-order valence-electron chi connectivity index (χ3n) is 4.46. The van der Waals surface area contributed by atoms with E-state index in [1.54, 1.807) is 0 Å². The molecule has 0 bridgehead atoms. The molecule has 0 heterocycles. The molecule has 5 heteroatoms. The third kappa shape index (κ3) is 10.9. The Morgan fingerprint density at radius 3 is 2.15 bits per heavy atom. The van der Waals surface area contributed by atoms with Crippen LogP contribution in [-0.4, -0.2) is 6.41 Å². The lowest BCUT2D eigenvalue weighted by Crippen LogP contribution is -2.03. The van der Waals surface area contributed by atoms with E-state index in [9.17, 15) is 14.1 Å². The molecule has 1 aliphatic rings. The maximum absolute atomic E-state index is 12.2. The minimum absolute atomic E-state index is 0.279. The molecule has 1 aliphatic carbocycles. The van der Waals surface area contributed by atoms with Gasteiger partial charge in [-0.3, -0.25) is 4.79 Å². The zero-order valence-electron chi connectivity index (χ0n) is 15.9. The molecule has 4 nitrogen and oxygen atoms in total. The molecular weight excluding hydrogens is 343 g/mol. The van der Waals surface area contributed by atoms with E-state index in [2.05, 4.69) is 17.4 Å². The second-order valence-electron chi connectivity index (χ2n) is 6.45. The summed E-state index contributed by atoms with van der Waals surface area (Å²) < 4.78 is 12.2. The van der Waals surface area contributed by atoms with Crippen molar-refractivity contribution in [3.63, 3.8) is 0 Å². The van der Waals surface area contributed by atoms with Gasteiger partial charge in [-0.2, -0.15) is 4.91 Å². The number of rotatable bonds is 5. The molecule has 3 rings (SSSR count). The Hall–Kier alpha value is -2.56. The highest BCUT2D eigenvalue weighted by Crippen LogP contribution is 2.25. The van der Waals surface area contributed by atoms with E-state index in [0.717, 1.165) is 11.5 Å². The van der Waals surface area contributed by atoms with Crippen molar-refractivity contribution in [3.8, 4) is 0 Å². The van der Waals surface area contributed by atoms with Crippen LogP contribution in [0.3, 0.4) is 0 Å². The van der Waals surface area contributed by atoms with Crippen molar-refractivity contribution in [2.75, 3.05) is 5.32 Å². The number of nitrogens with zero attached hydrogens (tertiary/aromatic N) is 1. The number of carbonyl (C=O) groups is 1. The van der Waals surface area contributed by atoms with Crippen LogP contribution in [0.1, 0.15) is 51.0 Å². The van der Waals surface area contributed by atoms with Gasteiger partial charge in [0, 0.05) is 5.69 Å². The van der Waals surface area contributed by atoms with Crippen LogP contribution in [0.2, 0.25) is 0 Å². The zero-order chi connectivity index (χ0) is 19.7. The summed E-state index contributed by atoms with van der Waals surface area (Å²) in [6, 6.07) is 15.0. The van der Waals surface area contributed by atoms with Crippen molar-refractivity contribution in [1.29, 1.82) is 0 Å². The monoisotopic (exact) mass is 372 g/mol. The molecule has 146 valence electrons. The average molecular weight is 372 g/mol. The number of carbonyl (C=O) groups excluding carboxylic acids is 1. The molecule has 1 amide bonds. The zero-order valence-corrected chi connectivity index (χ0v) is 15.9. The molecular formula is C22H29FN2O2. The fourth-order valence-electron chi connectivity index (χ4n) is 2.87. The first-order chi connectivity index (χ1) is 13.2. The van der Waals surface area contributed by atoms with Crippen LogP contribution in [0.15, 0.2) is 59.8 Å². The molecule has 0 radical (unpaired) electrons. The number of amides is 1. The van der Waals surface area contributed by atoms with Crippen molar-refractivity contribution in [1.82, 2.24) is 0 Å². The lowest BCUT2D eigenvalue weighted by Gasteiger charge is -2.18. The summed E-state index contributed by atoms with van der Waals surface area (Å²) in [6.07, 6.45) is 9.48. The van der Waals surface area contributed by atoms with Crippen LogP contribution < -0.4 is 5.32 Å². The first kappa shape index (κ1) is 22.5. The van der Waals surface area contributed by atoms with Gasteiger partial charge in [0.15, 0.2) is 0 Å². The SMILES string of the molecule is CCC1CCCCC1.O=CNc1ccc(F)cc1.O=NCc1ccccc1. The van der Waals surface area contributed by atoms with Crippen LogP contribution in [0.4, 0.5) is 10.1 Å². The largest absolute Gasteiger partial charge is 0.329 e. The van der Waals surface area contributed by atoms with Crippen LogP contribution in [0, 0.1) is 16.6 Å². The van der Waals surface area contributed by atoms with Gasteiger partial charge in [-0.1, -0.05) is 81.0 Å². The predicted octanol–water partition coefficient (Wildman–Crippen LogP) is 6.32. The fourth-order valence-corrected chi connectivity index (χ4v) is 2.87. The number of halogens is 1. The van der Waals surface area contributed by atoms with Gasteiger partial charge in [-0.25, -0.2) is 4.39 Å². The molecule has 0 aliphatic heterocycles. The average Bonchev–Trinajstić information content (AvgIpc) is 2.73. The van der Waals surface area contributed by atoms with Gasteiger partial charge in [0.1, 0.15) is 12.4 Å². The van der Waals surface area contributed by atoms with E-state index < -0.39 is 0 Å². The Bertz CT molecular complexity index is 627. The number of nitroso groups, excluding NO2 is 1. The van der Waals surface area contributed by atoms with Crippen LogP contribution in [-0.2, 0) is 11.3 Å². The predicted molar refractivity (Wildman–Crippen MR) is 109 cm³/mol. The van der Waals surface area contributed by atoms with Gasteiger partial charge < -0.3 is 5.32 Å². The highest BCUT2D eigenvalue weighted by atomic mass is 19.1. The van der Waals surface area contributed by atoms with Gasteiger partial charge in [0.05, 0.1) is 0 Å². The smallest absolute Gasteiger partial charge is 0.211 e. The third-order valence-corrected chi connectivity index (χ3v) is 4.46. The second kappa shape index (κ2) is 14.6. The summed E-state index contributed by atoms with van der Waals surface area (Å²) in [5, 5.41) is 5.14. The Kier molecular flexibility index (Phi) is 12.2. The van der Waals surface area contributed by atoms with Crippen LogP contribution in [0.5, 0.6) is 0 Å². The van der Waals surface area contributed by atoms with E-state index in [1.807, 2.05) is 30.3 Å². The topological polar surface area (TPSA) is 58.5 Å². The first-order valence-corrected chi connectivity index (χ1v) is 9.48. The van der Waals surface area contributed by atoms with Crippen LogP contribution >= 0.6 is 0 Å². The summed E-state index contributed by atoms with van der Waals surface area (Å²) in [6.45, 7) is 2.59. The lowest BCUT2D eigenvalue weighted by molar-refractivity contribution is -0.105. The number of hydrogen-bond donors (Lipinski definition) is 1. The molecule has 1 N–H and O–H groups in total. The van der Waals surface area contributed by atoms with E-state index in [0.29, 0.717) is 12.1 Å². The van der Waals surface area contributed by atoms with Crippen molar-refractivity contribution >= 4 is 12.1 Å². The van der Waals surface area contributed by atoms with Crippen molar-refractivity contribution in [3.05, 3.63) is 70.9 Å². The van der Waals surface area contributed by atoms with Crippen molar-refractivity contribution in [2.24, 2.45) is 11.1 Å². The van der Waals surface area contributed by atoms with E-state index in [-0.39, 0.29) is 12.4 Å². The van der Waals surface area contributed by atoms with Crippen LogP contribution in [0.25, 0.3) is 0 Å². The van der Waals surface area contributed by atoms with Crippen molar-refractivity contribution in [2.45, 2.75) is 52.0 Å². The highest BCUT2D eigenvalue weighted by molar-refractivity contribution is 5.70. The molecule has 0 aromatic heterocycles. The summed E-state index contributed by atoms with van der Waals surface area (Å²) in [5.74, 6) is 0.778. The maximum Gasteiger partial charge on any atom is 0.211 e.